The molecule has 102 valence electrons. The Kier molecular flexibility index (Phi) is 2.99. The standard InChI is InChI=1S/C12H12N6OS/c1-19-8-4-2-7(3-5-8)9-6-10(15-14-9)11-16-17-12(20)18(11)13/h2-6H,13H2,1H3,(H,14,15)(H,17,20). The van der Waals surface area contributed by atoms with Crippen molar-refractivity contribution < 1.29 is 4.74 Å². The van der Waals surface area contributed by atoms with Crippen molar-refractivity contribution in [1.82, 2.24) is 25.1 Å². The summed E-state index contributed by atoms with van der Waals surface area (Å²) in [5, 5.41) is 13.8. The molecule has 0 aliphatic heterocycles. The predicted molar refractivity (Wildman–Crippen MR) is 77.1 cm³/mol. The van der Waals surface area contributed by atoms with Gasteiger partial charge < -0.3 is 10.6 Å². The smallest absolute Gasteiger partial charge is 0.214 e. The molecule has 7 nitrogen and oxygen atoms in total. The number of aromatic nitrogens is 5. The molecule has 1 aromatic carbocycles. The summed E-state index contributed by atoms with van der Waals surface area (Å²) in [6.07, 6.45) is 0. The van der Waals surface area contributed by atoms with Gasteiger partial charge in [-0.2, -0.15) is 10.2 Å². The third-order valence-corrected chi connectivity index (χ3v) is 3.20. The number of hydrogen-bond donors (Lipinski definition) is 3. The van der Waals surface area contributed by atoms with Crippen molar-refractivity contribution >= 4 is 12.2 Å². The average Bonchev–Trinajstić information content (AvgIpc) is 3.08. The van der Waals surface area contributed by atoms with Crippen LogP contribution >= 0.6 is 12.2 Å². The van der Waals surface area contributed by atoms with Gasteiger partial charge in [-0.15, -0.1) is 0 Å². The first-order valence-corrected chi connectivity index (χ1v) is 6.22. The van der Waals surface area contributed by atoms with Crippen LogP contribution in [-0.4, -0.2) is 32.2 Å². The van der Waals surface area contributed by atoms with Gasteiger partial charge in [0.1, 0.15) is 11.4 Å². The van der Waals surface area contributed by atoms with Crippen LogP contribution in [0.5, 0.6) is 5.75 Å². The van der Waals surface area contributed by atoms with Gasteiger partial charge in [0, 0.05) is 5.56 Å². The zero-order valence-corrected chi connectivity index (χ0v) is 11.4. The molecule has 0 amide bonds. The summed E-state index contributed by atoms with van der Waals surface area (Å²) in [5.74, 6) is 7.08. The van der Waals surface area contributed by atoms with Crippen molar-refractivity contribution in [1.29, 1.82) is 0 Å². The Morgan fingerprint density at radius 3 is 2.55 bits per heavy atom. The number of nitrogens with two attached hydrogens (primary N) is 1. The van der Waals surface area contributed by atoms with Crippen LogP contribution in [0.15, 0.2) is 30.3 Å². The van der Waals surface area contributed by atoms with Gasteiger partial charge >= 0.3 is 0 Å². The monoisotopic (exact) mass is 288 g/mol. The Bertz CT molecular complexity index is 785. The summed E-state index contributed by atoms with van der Waals surface area (Å²) in [7, 11) is 1.63. The Hall–Kier alpha value is -2.61. The van der Waals surface area contributed by atoms with E-state index in [1.54, 1.807) is 7.11 Å². The van der Waals surface area contributed by atoms with E-state index >= 15 is 0 Å². The van der Waals surface area contributed by atoms with Crippen molar-refractivity contribution in [2.45, 2.75) is 0 Å². The quantitative estimate of drug-likeness (QED) is 0.503. The van der Waals surface area contributed by atoms with Crippen LogP contribution < -0.4 is 10.6 Å². The summed E-state index contributed by atoms with van der Waals surface area (Å²) in [4.78, 5) is 0. The lowest BCUT2D eigenvalue weighted by atomic mass is 10.1. The van der Waals surface area contributed by atoms with E-state index in [9.17, 15) is 0 Å². The van der Waals surface area contributed by atoms with Gasteiger partial charge in [0.25, 0.3) is 0 Å². The van der Waals surface area contributed by atoms with Gasteiger partial charge in [0.15, 0.2) is 5.82 Å². The molecule has 3 aromatic rings. The van der Waals surface area contributed by atoms with Gasteiger partial charge in [-0.05, 0) is 42.5 Å². The number of H-pyrrole nitrogens is 2. The van der Waals surface area contributed by atoms with E-state index in [1.807, 2.05) is 30.3 Å². The Morgan fingerprint density at radius 1 is 1.20 bits per heavy atom. The Morgan fingerprint density at radius 2 is 1.95 bits per heavy atom. The highest BCUT2D eigenvalue weighted by Gasteiger charge is 2.11. The highest BCUT2D eigenvalue weighted by Crippen LogP contribution is 2.23. The summed E-state index contributed by atoms with van der Waals surface area (Å²) in [5.41, 5.74) is 2.44. The number of nitrogens with zero attached hydrogens (tertiary/aromatic N) is 3. The molecule has 0 aliphatic rings. The van der Waals surface area contributed by atoms with E-state index in [1.165, 1.54) is 4.68 Å². The normalized spacial score (nSPS) is 10.7. The lowest BCUT2D eigenvalue weighted by Gasteiger charge is -2.00. The second-order valence-electron chi connectivity index (χ2n) is 4.12. The first-order chi connectivity index (χ1) is 9.69. The maximum Gasteiger partial charge on any atom is 0.214 e. The molecule has 0 spiro atoms. The first kappa shape index (κ1) is 12.4. The fourth-order valence-electron chi connectivity index (χ4n) is 1.84. The van der Waals surface area contributed by atoms with Gasteiger partial charge in [-0.25, -0.2) is 9.77 Å². The minimum atomic E-state index is 0.348. The molecule has 2 aromatic heterocycles. The molecule has 8 heteroatoms. The number of rotatable bonds is 3. The molecule has 0 aliphatic carbocycles. The predicted octanol–water partition coefficient (Wildman–Crippen LogP) is 1.72. The van der Waals surface area contributed by atoms with Crippen LogP contribution in [0.4, 0.5) is 0 Å². The van der Waals surface area contributed by atoms with Crippen LogP contribution in [0, 0.1) is 4.77 Å². The highest BCUT2D eigenvalue weighted by atomic mass is 32.1. The van der Waals surface area contributed by atoms with Crippen LogP contribution in [-0.2, 0) is 0 Å². The maximum atomic E-state index is 5.77. The van der Waals surface area contributed by atoms with Gasteiger partial charge in [0.2, 0.25) is 4.77 Å². The summed E-state index contributed by atoms with van der Waals surface area (Å²) >= 11 is 4.97. The minimum Gasteiger partial charge on any atom is -0.497 e. The third-order valence-electron chi connectivity index (χ3n) is 2.91. The number of methoxy groups -OCH3 is 1. The number of nitrogens with one attached hydrogen (secondary N) is 2. The number of aromatic amines is 2. The molecule has 0 atom stereocenters. The third kappa shape index (κ3) is 2.05. The molecule has 2 heterocycles. The molecule has 0 radical (unpaired) electrons. The summed E-state index contributed by atoms with van der Waals surface area (Å²) < 4.78 is 6.76. The van der Waals surface area contributed by atoms with E-state index < -0.39 is 0 Å². The fourth-order valence-corrected chi connectivity index (χ4v) is 1.97. The molecule has 0 fully saturated rings. The molecular weight excluding hydrogens is 276 g/mol. The SMILES string of the molecule is COc1ccc(-c2cc(-c3n[nH]c(=S)n3N)[nH]n2)cc1. The van der Waals surface area contributed by atoms with Gasteiger partial charge in [0.05, 0.1) is 12.8 Å². The lowest BCUT2D eigenvalue weighted by Crippen LogP contribution is -2.09. The van der Waals surface area contributed by atoms with Gasteiger partial charge in [-0.1, -0.05) is 0 Å². The Labute approximate surface area is 119 Å². The molecule has 0 bridgehead atoms. The molecule has 0 saturated carbocycles. The summed E-state index contributed by atoms with van der Waals surface area (Å²) in [6, 6.07) is 9.47. The van der Waals surface area contributed by atoms with Crippen LogP contribution in [0.2, 0.25) is 0 Å². The Balaban J connectivity index is 1.97. The minimum absolute atomic E-state index is 0.348. The molecule has 3 rings (SSSR count). The van der Waals surface area contributed by atoms with Crippen LogP contribution in [0.1, 0.15) is 0 Å². The van der Waals surface area contributed by atoms with Crippen LogP contribution in [0.3, 0.4) is 0 Å². The second-order valence-corrected chi connectivity index (χ2v) is 4.50. The van der Waals surface area contributed by atoms with E-state index in [4.69, 9.17) is 22.8 Å². The van der Waals surface area contributed by atoms with E-state index in [2.05, 4.69) is 20.4 Å². The van der Waals surface area contributed by atoms with Crippen LogP contribution in [0.25, 0.3) is 22.8 Å². The number of hydrogen-bond acceptors (Lipinski definition) is 5. The number of benzene rings is 1. The van der Waals surface area contributed by atoms with Gasteiger partial charge in [-0.3, -0.25) is 5.10 Å². The summed E-state index contributed by atoms with van der Waals surface area (Å²) in [6.45, 7) is 0. The molecule has 0 saturated heterocycles. The number of nitrogen functional groups attached to an aromatic ring is 1. The maximum absolute atomic E-state index is 5.77. The fraction of sp³-hybridized carbons (Fsp3) is 0.0833. The largest absolute Gasteiger partial charge is 0.497 e. The van der Waals surface area contributed by atoms with E-state index in [0.29, 0.717) is 16.3 Å². The van der Waals surface area contributed by atoms with Crippen molar-refractivity contribution in [3.63, 3.8) is 0 Å². The molecule has 20 heavy (non-hydrogen) atoms. The lowest BCUT2D eigenvalue weighted by molar-refractivity contribution is 0.415. The van der Waals surface area contributed by atoms with E-state index in [0.717, 1.165) is 17.0 Å². The van der Waals surface area contributed by atoms with Crippen molar-refractivity contribution in [2.24, 2.45) is 0 Å². The highest BCUT2D eigenvalue weighted by molar-refractivity contribution is 7.71. The zero-order chi connectivity index (χ0) is 14.1. The number of ether oxygens (including phenoxy) is 1. The first-order valence-electron chi connectivity index (χ1n) is 5.82. The molecule has 4 N–H and O–H groups in total. The van der Waals surface area contributed by atoms with E-state index in [-0.39, 0.29) is 0 Å². The molecule has 0 unspecified atom stereocenters. The average molecular weight is 288 g/mol. The van der Waals surface area contributed by atoms with Crippen molar-refractivity contribution in [3.05, 3.63) is 35.1 Å². The second kappa shape index (κ2) is 4.82. The van der Waals surface area contributed by atoms with Crippen molar-refractivity contribution in [3.8, 4) is 28.5 Å². The topological polar surface area (TPSA) is 97.5 Å². The zero-order valence-electron chi connectivity index (χ0n) is 10.6. The van der Waals surface area contributed by atoms with Crippen molar-refractivity contribution in [2.75, 3.05) is 13.0 Å². The molecular formula is C12H12N6OS.